The van der Waals surface area contributed by atoms with Gasteiger partial charge in [-0.2, -0.15) is 0 Å². The third kappa shape index (κ3) is 2.47. The highest BCUT2D eigenvalue weighted by Gasteiger charge is 2.17. The van der Waals surface area contributed by atoms with E-state index in [-0.39, 0.29) is 5.60 Å². The molecular weight excluding hydrogens is 154 g/mol. The maximum atomic E-state index is 5.48. The number of nitrogens with two attached hydrogens (primary N) is 1. The second-order valence-electron chi connectivity index (χ2n) is 3.11. The molecule has 2 N–H and O–H groups in total. The summed E-state index contributed by atoms with van der Waals surface area (Å²) in [6.07, 6.45) is 4.75. The average molecular weight is 167 g/mol. The smallest absolute Gasteiger partial charge is 0.232 e. The summed E-state index contributed by atoms with van der Waals surface area (Å²) >= 11 is 0. The summed E-state index contributed by atoms with van der Waals surface area (Å²) in [5.74, 6) is 0.507. The van der Waals surface area contributed by atoms with E-state index in [1.165, 1.54) is 0 Å². The van der Waals surface area contributed by atoms with E-state index >= 15 is 0 Å². The summed E-state index contributed by atoms with van der Waals surface area (Å²) in [6, 6.07) is 0. The van der Waals surface area contributed by atoms with Gasteiger partial charge in [0, 0.05) is 18.9 Å². The van der Waals surface area contributed by atoms with Crippen LogP contribution in [-0.2, 0) is 0 Å². The van der Waals surface area contributed by atoms with Crippen LogP contribution in [0.5, 0.6) is 5.88 Å². The Morgan fingerprint density at radius 1 is 1.50 bits per heavy atom. The monoisotopic (exact) mass is 167 g/mol. The Labute approximate surface area is 71.8 Å². The quantitative estimate of drug-likeness (QED) is 0.715. The minimum absolute atomic E-state index is 0.379. The van der Waals surface area contributed by atoms with Crippen molar-refractivity contribution in [2.45, 2.75) is 19.4 Å². The Hall–Kier alpha value is -1.16. The lowest BCUT2D eigenvalue weighted by Crippen LogP contribution is -2.37. The van der Waals surface area contributed by atoms with Crippen molar-refractivity contribution in [3.8, 4) is 5.88 Å². The standard InChI is InChI=1S/C8H13N3O/c1-8(2,6-9)12-7-5-10-3-4-11-7/h3-5H,6,9H2,1-2H3. The molecule has 0 spiro atoms. The second-order valence-corrected chi connectivity index (χ2v) is 3.11. The maximum absolute atomic E-state index is 5.48. The van der Waals surface area contributed by atoms with E-state index in [2.05, 4.69) is 9.97 Å². The molecule has 0 fully saturated rings. The first-order valence-corrected chi connectivity index (χ1v) is 3.79. The minimum atomic E-state index is -0.379. The van der Waals surface area contributed by atoms with Gasteiger partial charge in [0.2, 0.25) is 5.88 Å². The summed E-state index contributed by atoms with van der Waals surface area (Å²) in [5.41, 5.74) is 5.10. The highest BCUT2D eigenvalue weighted by molar-refractivity contribution is 5.03. The van der Waals surface area contributed by atoms with Gasteiger partial charge in [0.15, 0.2) is 0 Å². The van der Waals surface area contributed by atoms with Gasteiger partial charge in [-0.15, -0.1) is 0 Å². The molecule has 0 aliphatic carbocycles. The average Bonchev–Trinajstić information content (AvgIpc) is 2.06. The molecule has 0 radical (unpaired) electrons. The van der Waals surface area contributed by atoms with E-state index in [1.54, 1.807) is 18.6 Å². The second kappa shape index (κ2) is 3.49. The van der Waals surface area contributed by atoms with Crippen LogP contribution in [0, 0.1) is 0 Å². The number of hydrogen-bond acceptors (Lipinski definition) is 4. The van der Waals surface area contributed by atoms with Gasteiger partial charge < -0.3 is 10.5 Å². The van der Waals surface area contributed by atoms with Crippen molar-refractivity contribution < 1.29 is 4.74 Å². The third-order valence-corrected chi connectivity index (χ3v) is 1.41. The van der Waals surface area contributed by atoms with Gasteiger partial charge in [-0.1, -0.05) is 0 Å². The molecule has 0 aromatic carbocycles. The zero-order valence-corrected chi connectivity index (χ0v) is 7.32. The number of aromatic nitrogens is 2. The van der Waals surface area contributed by atoms with Crippen LogP contribution in [0.4, 0.5) is 0 Å². The van der Waals surface area contributed by atoms with Crippen LogP contribution in [0.15, 0.2) is 18.6 Å². The van der Waals surface area contributed by atoms with E-state index in [4.69, 9.17) is 10.5 Å². The lowest BCUT2D eigenvalue weighted by atomic mass is 10.1. The van der Waals surface area contributed by atoms with Gasteiger partial charge in [-0.3, -0.25) is 4.98 Å². The van der Waals surface area contributed by atoms with Gasteiger partial charge in [0.1, 0.15) is 5.60 Å². The minimum Gasteiger partial charge on any atom is -0.469 e. The fourth-order valence-corrected chi connectivity index (χ4v) is 0.663. The molecule has 0 bridgehead atoms. The van der Waals surface area contributed by atoms with Crippen molar-refractivity contribution in [1.29, 1.82) is 0 Å². The zero-order valence-electron chi connectivity index (χ0n) is 7.32. The molecule has 0 unspecified atom stereocenters. The third-order valence-electron chi connectivity index (χ3n) is 1.41. The molecule has 1 aromatic rings. The summed E-state index contributed by atoms with van der Waals surface area (Å²) in [7, 11) is 0. The molecule has 1 heterocycles. The molecule has 4 heteroatoms. The first-order valence-electron chi connectivity index (χ1n) is 3.79. The Morgan fingerprint density at radius 3 is 2.75 bits per heavy atom. The van der Waals surface area contributed by atoms with Gasteiger partial charge in [0.25, 0.3) is 0 Å². The first kappa shape index (κ1) is 8.93. The Morgan fingerprint density at radius 2 is 2.25 bits per heavy atom. The van der Waals surface area contributed by atoms with Crippen LogP contribution in [0.25, 0.3) is 0 Å². The van der Waals surface area contributed by atoms with E-state index in [9.17, 15) is 0 Å². The summed E-state index contributed by atoms with van der Waals surface area (Å²) in [4.78, 5) is 7.85. The molecule has 66 valence electrons. The van der Waals surface area contributed by atoms with Crippen LogP contribution in [-0.4, -0.2) is 22.1 Å². The molecule has 0 amide bonds. The highest BCUT2D eigenvalue weighted by atomic mass is 16.5. The Kier molecular flexibility index (Phi) is 2.60. The van der Waals surface area contributed by atoms with Crippen LogP contribution in [0.1, 0.15) is 13.8 Å². The van der Waals surface area contributed by atoms with Crippen molar-refractivity contribution in [2.24, 2.45) is 5.73 Å². The number of ether oxygens (including phenoxy) is 1. The maximum Gasteiger partial charge on any atom is 0.232 e. The lowest BCUT2D eigenvalue weighted by Gasteiger charge is -2.23. The molecular formula is C8H13N3O. The predicted molar refractivity (Wildman–Crippen MR) is 45.8 cm³/mol. The van der Waals surface area contributed by atoms with E-state index in [1.807, 2.05) is 13.8 Å². The topological polar surface area (TPSA) is 61.0 Å². The number of rotatable bonds is 3. The first-order chi connectivity index (χ1) is 5.64. The molecule has 0 saturated carbocycles. The number of nitrogens with zero attached hydrogens (tertiary/aromatic N) is 2. The van der Waals surface area contributed by atoms with Gasteiger partial charge in [0.05, 0.1) is 6.20 Å². The fourth-order valence-electron chi connectivity index (χ4n) is 0.663. The van der Waals surface area contributed by atoms with Crippen LogP contribution in [0.2, 0.25) is 0 Å². The van der Waals surface area contributed by atoms with E-state index in [0.717, 1.165) is 0 Å². The van der Waals surface area contributed by atoms with E-state index < -0.39 is 0 Å². The van der Waals surface area contributed by atoms with E-state index in [0.29, 0.717) is 12.4 Å². The van der Waals surface area contributed by atoms with Gasteiger partial charge in [-0.05, 0) is 13.8 Å². The van der Waals surface area contributed by atoms with Crippen LogP contribution >= 0.6 is 0 Å². The molecule has 0 aliphatic rings. The van der Waals surface area contributed by atoms with Crippen molar-refractivity contribution in [1.82, 2.24) is 9.97 Å². The highest BCUT2D eigenvalue weighted by Crippen LogP contribution is 2.11. The molecule has 0 saturated heterocycles. The molecule has 0 atom stereocenters. The summed E-state index contributed by atoms with van der Waals surface area (Å²) in [6.45, 7) is 4.26. The zero-order chi connectivity index (χ0) is 9.03. The molecule has 1 aromatic heterocycles. The summed E-state index contributed by atoms with van der Waals surface area (Å²) < 4.78 is 5.45. The Bertz CT molecular complexity index is 235. The van der Waals surface area contributed by atoms with Crippen molar-refractivity contribution in [3.05, 3.63) is 18.6 Å². The fraction of sp³-hybridized carbons (Fsp3) is 0.500. The van der Waals surface area contributed by atoms with Gasteiger partial charge in [-0.25, -0.2) is 4.98 Å². The molecule has 0 aliphatic heterocycles. The van der Waals surface area contributed by atoms with Crippen molar-refractivity contribution in [3.63, 3.8) is 0 Å². The normalized spacial score (nSPS) is 11.2. The predicted octanol–water partition coefficient (Wildman–Crippen LogP) is 0.593. The van der Waals surface area contributed by atoms with Gasteiger partial charge >= 0.3 is 0 Å². The van der Waals surface area contributed by atoms with Crippen molar-refractivity contribution >= 4 is 0 Å². The molecule has 1 rings (SSSR count). The summed E-state index contributed by atoms with van der Waals surface area (Å²) in [5, 5.41) is 0. The van der Waals surface area contributed by atoms with Crippen LogP contribution < -0.4 is 10.5 Å². The largest absolute Gasteiger partial charge is 0.469 e. The molecule has 12 heavy (non-hydrogen) atoms. The van der Waals surface area contributed by atoms with Crippen LogP contribution in [0.3, 0.4) is 0 Å². The Balaban J connectivity index is 2.64. The lowest BCUT2D eigenvalue weighted by molar-refractivity contribution is 0.112. The number of hydrogen-bond donors (Lipinski definition) is 1. The SMILES string of the molecule is CC(C)(CN)Oc1cnccn1. The molecule has 4 nitrogen and oxygen atoms in total. The van der Waals surface area contributed by atoms with Crippen molar-refractivity contribution in [2.75, 3.05) is 6.54 Å².